The van der Waals surface area contributed by atoms with Crippen LogP contribution < -0.4 is 10.9 Å². The molecule has 1 heterocycles. The van der Waals surface area contributed by atoms with E-state index in [1.54, 1.807) is 4.57 Å². The van der Waals surface area contributed by atoms with Crippen molar-refractivity contribution >= 4 is 16.9 Å². The van der Waals surface area contributed by atoms with Gasteiger partial charge in [-0.2, -0.15) is 0 Å². The first-order valence-electron chi connectivity index (χ1n) is 7.57. The van der Waals surface area contributed by atoms with E-state index >= 15 is 0 Å². The lowest BCUT2D eigenvalue weighted by Gasteiger charge is -2.14. The summed E-state index contributed by atoms with van der Waals surface area (Å²) in [6, 6.07) is 17.6. The predicted octanol–water partition coefficient (Wildman–Crippen LogP) is 3.42. The van der Waals surface area contributed by atoms with Crippen LogP contribution in [0.2, 0.25) is 0 Å². The SMILES string of the molecule is CCCn1c(NCc2ccccc2)nc2ccccc2c1=O. The van der Waals surface area contributed by atoms with Gasteiger partial charge < -0.3 is 5.32 Å². The van der Waals surface area contributed by atoms with Gasteiger partial charge >= 0.3 is 0 Å². The van der Waals surface area contributed by atoms with E-state index in [1.165, 1.54) is 0 Å². The molecule has 2 aromatic carbocycles. The molecular weight excluding hydrogens is 274 g/mol. The molecule has 4 heteroatoms. The number of benzene rings is 2. The second-order valence-electron chi connectivity index (χ2n) is 5.25. The van der Waals surface area contributed by atoms with Crippen LogP contribution in [-0.2, 0) is 13.1 Å². The molecule has 1 N–H and O–H groups in total. The minimum atomic E-state index is 0.0167. The summed E-state index contributed by atoms with van der Waals surface area (Å²) in [7, 11) is 0. The van der Waals surface area contributed by atoms with E-state index in [2.05, 4.69) is 29.4 Å². The van der Waals surface area contributed by atoms with Crippen LogP contribution in [0.3, 0.4) is 0 Å². The van der Waals surface area contributed by atoms with Crippen LogP contribution in [0, 0.1) is 0 Å². The first kappa shape index (κ1) is 14.3. The third kappa shape index (κ3) is 2.86. The predicted molar refractivity (Wildman–Crippen MR) is 90.1 cm³/mol. The molecule has 0 fully saturated rings. The molecule has 0 aliphatic heterocycles. The summed E-state index contributed by atoms with van der Waals surface area (Å²) in [6.45, 7) is 3.37. The van der Waals surface area contributed by atoms with Gasteiger partial charge in [-0.25, -0.2) is 4.98 Å². The van der Waals surface area contributed by atoms with Crippen molar-refractivity contribution in [2.45, 2.75) is 26.4 Å². The summed E-state index contributed by atoms with van der Waals surface area (Å²) in [5, 5.41) is 3.97. The minimum absolute atomic E-state index is 0.0167. The smallest absolute Gasteiger partial charge is 0.262 e. The summed E-state index contributed by atoms with van der Waals surface area (Å²) in [6.07, 6.45) is 0.889. The highest BCUT2D eigenvalue weighted by molar-refractivity contribution is 5.78. The van der Waals surface area contributed by atoms with Crippen molar-refractivity contribution in [2.75, 3.05) is 5.32 Å². The Hall–Kier alpha value is -2.62. The summed E-state index contributed by atoms with van der Waals surface area (Å²) < 4.78 is 1.73. The quantitative estimate of drug-likeness (QED) is 0.784. The second kappa shape index (κ2) is 6.43. The number of nitrogens with one attached hydrogen (secondary N) is 1. The third-order valence-corrected chi connectivity index (χ3v) is 3.60. The zero-order chi connectivity index (χ0) is 15.4. The van der Waals surface area contributed by atoms with Gasteiger partial charge in [-0.15, -0.1) is 0 Å². The van der Waals surface area contributed by atoms with Crippen molar-refractivity contribution in [3.63, 3.8) is 0 Å². The summed E-state index contributed by atoms with van der Waals surface area (Å²) >= 11 is 0. The molecule has 3 aromatic rings. The molecule has 0 aliphatic carbocycles. The Morgan fingerprint density at radius 3 is 2.55 bits per heavy atom. The van der Waals surface area contributed by atoms with Gasteiger partial charge in [0.25, 0.3) is 5.56 Å². The molecule has 0 spiro atoms. The van der Waals surface area contributed by atoms with Crippen molar-refractivity contribution in [3.8, 4) is 0 Å². The van der Waals surface area contributed by atoms with E-state index in [0.717, 1.165) is 17.5 Å². The fraction of sp³-hybridized carbons (Fsp3) is 0.222. The summed E-state index contributed by atoms with van der Waals surface area (Å²) in [4.78, 5) is 17.3. The number of para-hydroxylation sites is 1. The monoisotopic (exact) mass is 293 g/mol. The fourth-order valence-corrected chi connectivity index (χ4v) is 2.51. The summed E-state index contributed by atoms with van der Waals surface area (Å²) in [5.74, 6) is 0.634. The lowest BCUT2D eigenvalue weighted by molar-refractivity contribution is 0.653. The van der Waals surface area contributed by atoms with Gasteiger partial charge in [0.15, 0.2) is 0 Å². The van der Waals surface area contributed by atoms with Gasteiger partial charge in [-0.05, 0) is 24.1 Å². The van der Waals surface area contributed by atoms with Crippen molar-refractivity contribution in [3.05, 3.63) is 70.5 Å². The zero-order valence-electron chi connectivity index (χ0n) is 12.6. The molecule has 0 aliphatic rings. The van der Waals surface area contributed by atoms with Gasteiger partial charge in [0.2, 0.25) is 5.95 Å². The molecule has 0 unspecified atom stereocenters. The number of aromatic nitrogens is 2. The van der Waals surface area contributed by atoms with Crippen LogP contribution in [0.1, 0.15) is 18.9 Å². The Bertz CT molecular complexity index is 825. The standard InChI is InChI=1S/C18H19N3O/c1-2-12-21-17(22)15-10-6-7-11-16(15)20-18(21)19-13-14-8-4-3-5-9-14/h3-11H,2,12-13H2,1H3,(H,19,20). The van der Waals surface area contributed by atoms with Gasteiger partial charge in [-0.1, -0.05) is 49.4 Å². The lowest BCUT2D eigenvalue weighted by Crippen LogP contribution is -2.25. The maximum absolute atomic E-state index is 12.6. The zero-order valence-corrected chi connectivity index (χ0v) is 12.6. The van der Waals surface area contributed by atoms with E-state index in [9.17, 15) is 4.79 Å². The largest absolute Gasteiger partial charge is 0.351 e. The minimum Gasteiger partial charge on any atom is -0.351 e. The van der Waals surface area contributed by atoms with Crippen LogP contribution >= 0.6 is 0 Å². The van der Waals surface area contributed by atoms with E-state index in [4.69, 9.17) is 0 Å². The van der Waals surface area contributed by atoms with E-state index < -0.39 is 0 Å². The molecule has 4 nitrogen and oxygen atoms in total. The maximum atomic E-state index is 12.6. The maximum Gasteiger partial charge on any atom is 0.262 e. The van der Waals surface area contributed by atoms with E-state index in [0.29, 0.717) is 24.4 Å². The summed E-state index contributed by atoms with van der Waals surface area (Å²) in [5.41, 5.74) is 1.91. The average molecular weight is 293 g/mol. The molecular formula is C18H19N3O. The van der Waals surface area contributed by atoms with Crippen LogP contribution in [0.25, 0.3) is 10.9 Å². The normalized spacial score (nSPS) is 10.8. The highest BCUT2D eigenvalue weighted by Gasteiger charge is 2.09. The molecule has 0 atom stereocenters. The fourth-order valence-electron chi connectivity index (χ4n) is 2.51. The second-order valence-corrected chi connectivity index (χ2v) is 5.25. The molecule has 112 valence electrons. The Morgan fingerprint density at radius 1 is 1.05 bits per heavy atom. The van der Waals surface area contributed by atoms with Crippen molar-refractivity contribution in [1.82, 2.24) is 9.55 Å². The van der Waals surface area contributed by atoms with Crippen molar-refractivity contribution in [1.29, 1.82) is 0 Å². The van der Waals surface area contributed by atoms with Gasteiger partial charge in [0, 0.05) is 13.1 Å². The number of hydrogen-bond acceptors (Lipinski definition) is 3. The molecule has 0 bridgehead atoms. The van der Waals surface area contributed by atoms with Crippen LogP contribution in [0.4, 0.5) is 5.95 Å². The molecule has 3 rings (SSSR count). The Balaban J connectivity index is 2.00. The molecule has 0 amide bonds. The first-order valence-corrected chi connectivity index (χ1v) is 7.57. The van der Waals surface area contributed by atoms with Crippen molar-refractivity contribution in [2.24, 2.45) is 0 Å². The van der Waals surface area contributed by atoms with Gasteiger partial charge in [0.1, 0.15) is 0 Å². The molecule has 22 heavy (non-hydrogen) atoms. The van der Waals surface area contributed by atoms with Crippen molar-refractivity contribution < 1.29 is 0 Å². The highest BCUT2D eigenvalue weighted by Crippen LogP contribution is 2.12. The highest BCUT2D eigenvalue weighted by atomic mass is 16.1. The Labute approximate surface area is 129 Å². The topological polar surface area (TPSA) is 46.9 Å². The average Bonchev–Trinajstić information content (AvgIpc) is 2.57. The number of fused-ring (bicyclic) bond motifs is 1. The van der Waals surface area contributed by atoms with Crippen LogP contribution in [0.5, 0.6) is 0 Å². The van der Waals surface area contributed by atoms with E-state index in [1.807, 2.05) is 42.5 Å². The Morgan fingerprint density at radius 2 is 1.77 bits per heavy atom. The number of nitrogens with zero attached hydrogens (tertiary/aromatic N) is 2. The Kier molecular flexibility index (Phi) is 4.19. The van der Waals surface area contributed by atoms with E-state index in [-0.39, 0.29) is 5.56 Å². The lowest BCUT2D eigenvalue weighted by atomic mass is 10.2. The molecule has 0 saturated carbocycles. The van der Waals surface area contributed by atoms with Crippen LogP contribution in [-0.4, -0.2) is 9.55 Å². The van der Waals surface area contributed by atoms with Gasteiger partial charge in [0.05, 0.1) is 10.9 Å². The molecule has 0 radical (unpaired) electrons. The number of anilines is 1. The third-order valence-electron chi connectivity index (χ3n) is 3.60. The molecule has 0 saturated heterocycles. The van der Waals surface area contributed by atoms with Crippen LogP contribution in [0.15, 0.2) is 59.4 Å². The number of hydrogen-bond donors (Lipinski definition) is 1. The first-order chi connectivity index (χ1) is 10.8. The molecule has 1 aromatic heterocycles. The number of rotatable bonds is 5. The van der Waals surface area contributed by atoms with Gasteiger partial charge in [-0.3, -0.25) is 9.36 Å².